The quantitative estimate of drug-likeness (QED) is 0.825. The van der Waals surface area contributed by atoms with Crippen LogP contribution < -0.4 is 4.74 Å². The Kier molecular flexibility index (Phi) is 4.19. The second-order valence-corrected chi connectivity index (χ2v) is 4.46. The van der Waals surface area contributed by atoms with Crippen LogP contribution in [0.15, 0.2) is 12.1 Å². The molecule has 0 aliphatic heterocycles. The second-order valence-electron chi connectivity index (χ2n) is 4.03. The van der Waals surface area contributed by atoms with E-state index in [2.05, 4.69) is 0 Å². The van der Waals surface area contributed by atoms with Gasteiger partial charge in [0.2, 0.25) is 0 Å². The van der Waals surface area contributed by atoms with Crippen LogP contribution in [0, 0.1) is 5.92 Å². The molecule has 88 valence electrons. The molecule has 0 fully saturated rings. The van der Waals surface area contributed by atoms with Crippen LogP contribution >= 0.6 is 11.6 Å². The van der Waals surface area contributed by atoms with Gasteiger partial charge in [0.1, 0.15) is 0 Å². The maximum atomic E-state index is 11.8. The summed E-state index contributed by atoms with van der Waals surface area (Å²) in [4.78, 5) is 11.8. The van der Waals surface area contributed by atoms with Crippen molar-refractivity contribution in [1.82, 2.24) is 0 Å². The molecule has 0 saturated heterocycles. The van der Waals surface area contributed by atoms with Crippen LogP contribution in [0.4, 0.5) is 0 Å². The molecule has 0 aromatic heterocycles. The van der Waals surface area contributed by atoms with Gasteiger partial charge < -0.3 is 9.84 Å². The first-order chi connectivity index (χ1) is 7.45. The van der Waals surface area contributed by atoms with E-state index in [1.165, 1.54) is 19.2 Å². The van der Waals surface area contributed by atoms with Crippen LogP contribution in [0.3, 0.4) is 0 Å². The van der Waals surface area contributed by atoms with Crippen molar-refractivity contribution >= 4 is 17.4 Å². The number of benzene rings is 1. The lowest BCUT2D eigenvalue weighted by Gasteiger charge is -2.10. The Hall–Kier alpha value is -1.22. The fourth-order valence-electron chi connectivity index (χ4n) is 1.42. The summed E-state index contributed by atoms with van der Waals surface area (Å²) in [5.41, 5.74) is 0.220. The maximum Gasteiger partial charge on any atom is 0.168 e. The van der Waals surface area contributed by atoms with E-state index < -0.39 is 0 Å². The third-order valence-corrected chi connectivity index (χ3v) is 2.37. The van der Waals surface area contributed by atoms with Crippen molar-refractivity contribution < 1.29 is 14.6 Å². The van der Waals surface area contributed by atoms with E-state index in [1.54, 1.807) is 0 Å². The minimum absolute atomic E-state index is 0.131. The number of methoxy groups -OCH3 is 1. The summed E-state index contributed by atoms with van der Waals surface area (Å²) >= 11 is 5.84. The number of carbonyl (C=O) groups excluding carboxylic acids is 1. The minimum atomic E-state index is -0.141. The van der Waals surface area contributed by atoms with E-state index in [9.17, 15) is 9.90 Å². The molecule has 1 aromatic rings. The molecular weight excluding hydrogens is 228 g/mol. The lowest BCUT2D eigenvalue weighted by atomic mass is 10.0. The Morgan fingerprint density at radius 3 is 2.62 bits per heavy atom. The molecule has 4 heteroatoms. The molecular formula is C12H15ClO3. The van der Waals surface area contributed by atoms with Gasteiger partial charge in [-0.3, -0.25) is 4.79 Å². The van der Waals surface area contributed by atoms with Crippen molar-refractivity contribution in [2.45, 2.75) is 20.3 Å². The van der Waals surface area contributed by atoms with Crippen LogP contribution in [-0.2, 0) is 0 Å². The molecule has 0 aliphatic rings. The monoisotopic (exact) mass is 242 g/mol. The third kappa shape index (κ3) is 2.89. The normalized spacial score (nSPS) is 10.6. The van der Waals surface area contributed by atoms with Crippen LogP contribution in [0.2, 0.25) is 5.02 Å². The Morgan fingerprint density at radius 1 is 1.50 bits per heavy atom. The summed E-state index contributed by atoms with van der Waals surface area (Å²) < 4.78 is 4.93. The number of rotatable bonds is 4. The average molecular weight is 243 g/mol. The van der Waals surface area contributed by atoms with Crippen molar-refractivity contribution in [2.24, 2.45) is 5.92 Å². The molecule has 0 atom stereocenters. The summed E-state index contributed by atoms with van der Waals surface area (Å²) in [6.07, 6.45) is 0.372. The second kappa shape index (κ2) is 5.21. The van der Waals surface area contributed by atoms with Crippen LogP contribution in [0.1, 0.15) is 30.6 Å². The fourth-order valence-corrected chi connectivity index (χ4v) is 1.63. The molecule has 0 bridgehead atoms. The van der Waals surface area contributed by atoms with Crippen LogP contribution in [0.25, 0.3) is 0 Å². The van der Waals surface area contributed by atoms with Crippen LogP contribution in [0.5, 0.6) is 11.5 Å². The smallest absolute Gasteiger partial charge is 0.168 e. The molecule has 0 heterocycles. The number of carbonyl (C=O) groups is 1. The van der Waals surface area contributed by atoms with E-state index >= 15 is 0 Å². The predicted molar refractivity (Wildman–Crippen MR) is 63.5 cm³/mol. The highest BCUT2D eigenvalue weighted by Crippen LogP contribution is 2.34. The van der Waals surface area contributed by atoms with E-state index in [-0.39, 0.29) is 28.8 Å². The fraction of sp³-hybridized carbons (Fsp3) is 0.417. The number of phenolic OH excluding ortho intramolecular Hbond substituents is 1. The molecule has 3 nitrogen and oxygen atoms in total. The van der Waals surface area contributed by atoms with Gasteiger partial charge in [-0.25, -0.2) is 0 Å². The van der Waals surface area contributed by atoms with E-state index in [0.29, 0.717) is 11.4 Å². The first-order valence-electron chi connectivity index (χ1n) is 5.05. The number of ether oxygens (including phenoxy) is 1. The van der Waals surface area contributed by atoms with Gasteiger partial charge in [0.05, 0.1) is 12.7 Å². The first-order valence-corrected chi connectivity index (χ1v) is 5.43. The largest absolute Gasteiger partial charge is 0.504 e. The number of hydrogen-bond acceptors (Lipinski definition) is 3. The molecule has 1 rings (SSSR count). The van der Waals surface area contributed by atoms with Crippen molar-refractivity contribution in [3.05, 3.63) is 22.7 Å². The van der Waals surface area contributed by atoms with Crippen molar-refractivity contribution in [3.8, 4) is 11.5 Å². The van der Waals surface area contributed by atoms with Gasteiger partial charge >= 0.3 is 0 Å². The number of halogens is 1. The maximum absolute atomic E-state index is 11.8. The SMILES string of the molecule is COc1cc(Cl)cc(C(=O)CC(C)C)c1O. The number of Topliss-reactive ketones (excluding diaryl/α,β-unsaturated/α-hetero) is 1. The topological polar surface area (TPSA) is 46.5 Å². The molecule has 0 spiro atoms. The number of aromatic hydroxyl groups is 1. The highest BCUT2D eigenvalue weighted by atomic mass is 35.5. The zero-order valence-corrected chi connectivity index (χ0v) is 10.3. The van der Waals surface area contributed by atoms with E-state index in [4.69, 9.17) is 16.3 Å². The predicted octanol–water partition coefficient (Wildman–Crippen LogP) is 3.28. The molecule has 0 aliphatic carbocycles. The molecule has 1 aromatic carbocycles. The molecule has 1 N–H and O–H groups in total. The van der Waals surface area contributed by atoms with Gasteiger partial charge in [0.15, 0.2) is 17.3 Å². The molecule has 16 heavy (non-hydrogen) atoms. The summed E-state index contributed by atoms with van der Waals surface area (Å²) in [6, 6.07) is 2.94. The Bertz CT molecular complexity index is 399. The Labute approximate surface area is 100.0 Å². The molecule has 0 saturated carbocycles. The van der Waals surface area contributed by atoms with Gasteiger partial charge in [-0.1, -0.05) is 25.4 Å². The lowest BCUT2D eigenvalue weighted by molar-refractivity contribution is 0.0964. The van der Waals surface area contributed by atoms with Gasteiger partial charge in [0, 0.05) is 17.5 Å². The highest BCUT2D eigenvalue weighted by Gasteiger charge is 2.17. The summed E-state index contributed by atoms with van der Waals surface area (Å²) in [7, 11) is 1.42. The zero-order chi connectivity index (χ0) is 12.3. The average Bonchev–Trinajstić information content (AvgIpc) is 2.19. The first kappa shape index (κ1) is 12.8. The van der Waals surface area contributed by atoms with Gasteiger partial charge in [-0.15, -0.1) is 0 Å². The number of hydrogen-bond donors (Lipinski definition) is 1. The third-order valence-electron chi connectivity index (χ3n) is 2.15. The number of phenols is 1. The molecule has 0 unspecified atom stereocenters. The summed E-state index contributed by atoms with van der Waals surface area (Å²) in [5.74, 6) is 0.183. The van der Waals surface area contributed by atoms with Gasteiger partial charge in [-0.2, -0.15) is 0 Å². The Morgan fingerprint density at radius 2 is 2.12 bits per heavy atom. The van der Waals surface area contributed by atoms with E-state index in [1.807, 2.05) is 13.8 Å². The molecule has 0 radical (unpaired) electrons. The highest BCUT2D eigenvalue weighted by molar-refractivity contribution is 6.31. The summed E-state index contributed by atoms with van der Waals surface area (Å²) in [5, 5.41) is 10.2. The van der Waals surface area contributed by atoms with Gasteiger partial charge in [0.25, 0.3) is 0 Å². The van der Waals surface area contributed by atoms with Gasteiger partial charge in [-0.05, 0) is 12.0 Å². The number of ketones is 1. The van der Waals surface area contributed by atoms with E-state index in [0.717, 1.165) is 0 Å². The standard InChI is InChI=1S/C12H15ClO3/c1-7(2)4-10(14)9-5-8(13)6-11(16-3)12(9)15/h5-7,15H,4H2,1-3H3. The molecule has 0 amide bonds. The lowest BCUT2D eigenvalue weighted by Crippen LogP contribution is -2.04. The van der Waals surface area contributed by atoms with Crippen LogP contribution in [-0.4, -0.2) is 18.0 Å². The zero-order valence-electron chi connectivity index (χ0n) is 9.58. The van der Waals surface area contributed by atoms with Crippen molar-refractivity contribution in [1.29, 1.82) is 0 Å². The minimum Gasteiger partial charge on any atom is -0.504 e. The van der Waals surface area contributed by atoms with Crippen molar-refractivity contribution in [3.63, 3.8) is 0 Å². The summed E-state index contributed by atoms with van der Waals surface area (Å²) in [6.45, 7) is 3.88. The van der Waals surface area contributed by atoms with Crippen molar-refractivity contribution in [2.75, 3.05) is 7.11 Å². The Balaban J connectivity index is 3.12.